The molecular weight excluding hydrogens is 474 g/mol. The highest BCUT2D eigenvalue weighted by molar-refractivity contribution is 7.89. The van der Waals surface area contributed by atoms with Crippen LogP contribution in [0, 0.1) is 17.0 Å². The highest BCUT2D eigenvalue weighted by Gasteiger charge is 2.37. The van der Waals surface area contributed by atoms with Crippen LogP contribution in [0.4, 0.5) is 14.6 Å². The topological polar surface area (TPSA) is 104 Å². The van der Waals surface area contributed by atoms with Crippen LogP contribution in [0.3, 0.4) is 0 Å². The van der Waals surface area contributed by atoms with E-state index in [0.717, 1.165) is 12.4 Å². The minimum atomic E-state index is -3.69. The lowest BCUT2D eigenvalue weighted by Gasteiger charge is -2.38. The molecule has 3 heterocycles. The molecule has 3 aromatic rings. The van der Waals surface area contributed by atoms with E-state index < -0.39 is 38.7 Å². The SMILES string of the molecule is CCCN(C(C)(C)C)S(=O)(=O)CC(Nc1nc(-c2c[nH]c3ncc(F)cc23)ncc1F)C(C)(C)C. The maximum atomic E-state index is 14.8. The maximum Gasteiger partial charge on any atom is 0.216 e. The number of hydrogen-bond donors (Lipinski definition) is 2. The molecule has 35 heavy (non-hydrogen) atoms. The number of H-pyrrole nitrogens is 1. The van der Waals surface area contributed by atoms with Gasteiger partial charge in [-0.05, 0) is 38.7 Å². The second-order valence-electron chi connectivity index (χ2n) is 10.7. The molecule has 0 amide bonds. The first-order chi connectivity index (χ1) is 16.1. The molecule has 8 nitrogen and oxygen atoms in total. The Morgan fingerprint density at radius 1 is 1.11 bits per heavy atom. The summed E-state index contributed by atoms with van der Waals surface area (Å²) in [6, 6.07) is 0.640. The molecule has 0 radical (unpaired) electrons. The van der Waals surface area contributed by atoms with Crippen molar-refractivity contribution in [1.82, 2.24) is 24.2 Å². The Labute approximate surface area is 205 Å². The standard InChI is InChI=1S/C24H34F2N6O2S/c1-8-9-32(24(5,6)7)35(33,34)14-19(23(2,3)4)30-22-18(26)13-29-21(31-22)17-12-28-20-16(17)10-15(25)11-27-20/h10-13,19H,8-9,14H2,1-7H3,(H,27,28)(H,29,30,31). The number of pyridine rings is 1. The zero-order valence-corrected chi connectivity index (χ0v) is 22.1. The number of aromatic nitrogens is 4. The molecule has 0 aromatic carbocycles. The summed E-state index contributed by atoms with van der Waals surface area (Å²) in [7, 11) is -3.69. The summed E-state index contributed by atoms with van der Waals surface area (Å²) in [4.78, 5) is 15.3. The molecule has 192 valence electrons. The number of sulfonamides is 1. The smallest absolute Gasteiger partial charge is 0.216 e. The van der Waals surface area contributed by atoms with Gasteiger partial charge >= 0.3 is 0 Å². The lowest BCUT2D eigenvalue weighted by molar-refractivity contribution is 0.246. The van der Waals surface area contributed by atoms with Crippen LogP contribution < -0.4 is 5.32 Å². The summed E-state index contributed by atoms with van der Waals surface area (Å²) in [5, 5.41) is 3.48. The lowest BCUT2D eigenvalue weighted by Crippen LogP contribution is -2.51. The maximum absolute atomic E-state index is 14.8. The summed E-state index contributed by atoms with van der Waals surface area (Å²) in [5.41, 5.74) is -0.241. The molecule has 1 unspecified atom stereocenters. The molecular formula is C24H34F2N6O2S. The molecule has 0 aliphatic heterocycles. The molecule has 0 bridgehead atoms. The van der Waals surface area contributed by atoms with Gasteiger partial charge in [0, 0.05) is 35.3 Å². The first-order valence-electron chi connectivity index (χ1n) is 11.6. The van der Waals surface area contributed by atoms with Crippen LogP contribution >= 0.6 is 0 Å². The van der Waals surface area contributed by atoms with Crippen LogP contribution in [-0.2, 0) is 10.0 Å². The van der Waals surface area contributed by atoms with Crippen molar-refractivity contribution in [2.45, 2.75) is 66.5 Å². The summed E-state index contributed by atoms with van der Waals surface area (Å²) < 4.78 is 57.0. The Morgan fingerprint density at radius 2 is 1.80 bits per heavy atom. The van der Waals surface area contributed by atoms with E-state index in [4.69, 9.17) is 0 Å². The second kappa shape index (κ2) is 9.77. The third-order valence-electron chi connectivity index (χ3n) is 5.73. The Bertz CT molecular complexity index is 1300. The molecule has 0 saturated carbocycles. The van der Waals surface area contributed by atoms with Crippen molar-refractivity contribution >= 4 is 26.9 Å². The number of nitrogens with one attached hydrogen (secondary N) is 2. The minimum absolute atomic E-state index is 0.123. The van der Waals surface area contributed by atoms with Crippen LogP contribution in [0.5, 0.6) is 0 Å². The Hall–Kier alpha value is -2.66. The first-order valence-corrected chi connectivity index (χ1v) is 13.2. The van der Waals surface area contributed by atoms with E-state index in [0.29, 0.717) is 29.6 Å². The Kier molecular flexibility index (Phi) is 7.52. The predicted octanol–water partition coefficient (Wildman–Crippen LogP) is 4.97. The molecule has 0 aliphatic carbocycles. The summed E-state index contributed by atoms with van der Waals surface area (Å²) in [5.74, 6) is -1.44. The zero-order valence-electron chi connectivity index (χ0n) is 21.3. The van der Waals surface area contributed by atoms with Crippen molar-refractivity contribution in [3.8, 4) is 11.4 Å². The molecule has 2 N–H and O–H groups in total. The van der Waals surface area contributed by atoms with E-state index in [9.17, 15) is 17.2 Å². The average Bonchev–Trinajstić information content (AvgIpc) is 3.14. The van der Waals surface area contributed by atoms with Gasteiger partial charge in [-0.15, -0.1) is 0 Å². The van der Waals surface area contributed by atoms with E-state index in [-0.39, 0.29) is 17.4 Å². The van der Waals surface area contributed by atoms with Crippen LogP contribution in [0.2, 0.25) is 0 Å². The van der Waals surface area contributed by atoms with Gasteiger partial charge < -0.3 is 10.3 Å². The fraction of sp³-hybridized carbons (Fsp3) is 0.542. The average molecular weight is 509 g/mol. The van der Waals surface area contributed by atoms with Gasteiger partial charge in [0.15, 0.2) is 17.5 Å². The van der Waals surface area contributed by atoms with E-state index in [1.165, 1.54) is 10.4 Å². The van der Waals surface area contributed by atoms with Crippen LogP contribution in [-0.4, -0.2) is 56.5 Å². The number of nitrogens with zero attached hydrogens (tertiary/aromatic N) is 4. The number of aromatic amines is 1. The summed E-state index contributed by atoms with van der Waals surface area (Å²) in [6.45, 7) is 13.5. The van der Waals surface area contributed by atoms with E-state index in [1.807, 2.05) is 48.5 Å². The lowest BCUT2D eigenvalue weighted by atomic mass is 9.88. The third kappa shape index (κ3) is 6.13. The molecule has 11 heteroatoms. The number of hydrogen-bond acceptors (Lipinski definition) is 6. The van der Waals surface area contributed by atoms with Crippen molar-refractivity contribution in [3.63, 3.8) is 0 Å². The van der Waals surface area contributed by atoms with Crippen molar-refractivity contribution in [2.75, 3.05) is 17.6 Å². The fourth-order valence-corrected chi connectivity index (χ4v) is 6.31. The normalized spacial score (nSPS) is 14.0. The number of halogens is 2. The highest BCUT2D eigenvalue weighted by atomic mass is 32.2. The van der Waals surface area contributed by atoms with Crippen molar-refractivity contribution in [2.24, 2.45) is 5.41 Å². The van der Waals surface area contributed by atoms with E-state index in [1.54, 1.807) is 6.20 Å². The number of fused-ring (bicyclic) bond motifs is 1. The summed E-state index contributed by atoms with van der Waals surface area (Å²) >= 11 is 0. The van der Waals surface area contributed by atoms with Gasteiger partial charge in [0.2, 0.25) is 10.0 Å². The van der Waals surface area contributed by atoms with E-state index >= 15 is 0 Å². The highest BCUT2D eigenvalue weighted by Crippen LogP contribution is 2.30. The predicted molar refractivity (Wildman–Crippen MR) is 134 cm³/mol. The van der Waals surface area contributed by atoms with Gasteiger partial charge in [0.1, 0.15) is 11.5 Å². The molecule has 3 aromatic heterocycles. The first kappa shape index (κ1) is 26.9. The third-order valence-corrected chi connectivity index (χ3v) is 7.88. The van der Waals surface area contributed by atoms with E-state index in [2.05, 4.69) is 25.3 Å². The van der Waals surface area contributed by atoms with Gasteiger partial charge in [0.05, 0.1) is 18.1 Å². The molecule has 1 atom stereocenters. The van der Waals surface area contributed by atoms with Gasteiger partial charge in [-0.2, -0.15) is 4.31 Å². The Balaban J connectivity index is 1.98. The molecule has 0 spiro atoms. The fourth-order valence-electron chi connectivity index (χ4n) is 3.83. The number of rotatable bonds is 8. The summed E-state index contributed by atoms with van der Waals surface area (Å²) in [6.07, 6.45) is 4.36. The minimum Gasteiger partial charge on any atom is -0.363 e. The van der Waals surface area contributed by atoms with Crippen LogP contribution in [0.15, 0.2) is 24.7 Å². The second-order valence-corrected chi connectivity index (χ2v) is 12.7. The quantitative estimate of drug-likeness (QED) is 0.446. The number of anilines is 1. The largest absolute Gasteiger partial charge is 0.363 e. The molecule has 3 rings (SSSR count). The van der Waals surface area contributed by atoms with Gasteiger partial charge in [-0.1, -0.05) is 27.7 Å². The van der Waals surface area contributed by atoms with Crippen LogP contribution in [0.1, 0.15) is 54.9 Å². The molecule has 0 aliphatic rings. The van der Waals surface area contributed by atoms with Gasteiger partial charge in [-0.25, -0.2) is 32.2 Å². The Morgan fingerprint density at radius 3 is 2.40 bits per heavy atom. The molecule has 0 fully saturated rings. The zero-order chi connectivity index (χ0) is 26.2. The van der Waals surface area contributed by atoms with Crippen molar-refractivity contribution in [1.29, 1.82) is 0 Å². The monoisotopic (exact) mass is 508 g/mol. The van der Waals surface area contributed by atoms with Crippen LogP contribution in [0.25, 0.3) is 22.4 Å². The van der Waals surface area contributed by atoms with Gasteiger partial charge in [-0.3, -0.25) is 0 Å². The van der Waals surface area contributed by atoms with Crippen molar-refractivity contribution in [3.05, 3.63) is 36.3 Å². The molecule has 0 saturated heterocycles. The van der Waals surface area contributed by atoms with Crippen molar-refractivity contribution < 1.29 is 17.2 Å². The van der Waals surface area contributed by atoms with Gasteiger partial charge in [0.25, 0.3) is 0 Å².